The summed E-state index contributed by atoms with van der Waals surface area (Å²) < 4.78 is 5.25. The van der Waals surface area contributed by atoms with Gasteiger partial charge in [-0.25, -0.2) is 4.90 Å². The first-order valence-electron chi connectivity index (χ1n) is 8.93. The van der Waals surface area contributed by atoms with Gasteiger partial charge in [-0.05, 0) is 35.9 Å². The number of anilines is 2. The van der Waals surface area contributed by atoms with Crippen LogP contribution in [-0.2, 0) is 9.59 Å². The van der Waals surface area contributed by atoms with E-state index in [0.29, 0.717) is 33.3 Å². The van der Waals surface area contributed by atoms with Crippen LogP contribution < -0.4 is 15.0 Å². The molecule has 3 aromatic carbocycles. The lowest BCUT2D eigenvalue weighted by Gasteiger charge is -2.15. The number of ether oxygens (including phenoxy) is 1. The van der Waals surface area contributed by atoms with E-state index in [1.165, 1.54) is 0 Å². The number of methoxy groups -OCH3 is 1. The van der Waals surface area contributed by atoms with Crippen LogP contribution in [0.25, 0.3) is 5.57 Å². The molecule has 1 aliphatic heterocycles. The molecule has 5 nitrogen and oxygen atoms in total. The number of halogens is 1. The van der Waals surface area contributed by atoms with E-state index in [1.807, 2.05) is 18.2 Å². The van der Waals surface area contributed by atoms with E-state index in [-0.39, 0.29) is 5.70 Å². The zero-order valence-corrected chi connectivity index (χ0v) is 16.3. The summed E-state index contributed by atoms with van der Waals surface area (Å²) in [5.74, 6) is -0.215. The van der Waals surface area contributed by atoms with Crippen LogP contribution in [0.4, 0.5) is 11.4 Å². The van der Waals surface area contributed by atoms with Crippen LogP contribution in [0.5, 0.6) is 5.75 Å². The Hall–Kier alpha value is -3.57. The lowest BCUT2D eigenvalue weighted by Crippen LogP contribution is -2.32. The second-order valence-electron chi connectivity index (χ2n) is 6.40. The predicted molar refractivity (Wildman–Crippen MR) is 114 cm³/mol. The maximum atomic E-state index is 13.3. The van der Waals surface area contributed by atoms with Gasteiger partial charge in [0.1, 0.15) is 11.4 Å². The molecule has 0 fully saturated rings. The van der Waals surface area contributed by atoms with Crippen LogP contribution in [0.1, 0.15) is 5.56 Å². The molecule has 0 radical (unpaired) electrons. The van der Waals surface area contributed by atoms with Gasteiger partial charge < -0.3 is 10.1 Å². The molecule has 2 amide bonds. The van der Waals surface area contributed by atoms with E-state index in [1.54, 1.807) is 67.8 Å². The van der Waals surface area contributed by atoms with Gasteiger partial charge in [0.2, 0.25) is 0 Å². The van der Waals surface area contributed by atoms with Crippen LogP contribution in [0.15, 0.2) is 84.6 Å². The molecule has 1 heterocycles. The van der Waals surface area contributed by atoms with Crippen molar-refractivity contribution in [1.82, 2.24) is 0 Å². The largest absolute Gasteiger partial charge is 0.497 e. The summed E-state index contributed by atoms with van der Waals surface area (Å²) in [5, 5.41) is 3.56. The molecule has 0 atom stereocenters. The molecule has 29 heavy (non-hydrogen) atoms. The number of rotatable bonds is 5. The zero-order chi connectivity index (χ0) is 20.4. The summed E-state index contributed by atoms with van der Waals surface area (Å²) in [6.45, 7) is 0. The number of nitrogens with zero attached hydrogens (tertiary/aromatic N) is 1. The summed E-state index contributed by atoms with van der Waals surface area (Å²) in [6, 6.07) is 22.9. The predicted octanol–water partition coefficient (Wildman–Crippen LogP) is 4.75. The van der Waals surface area contributed by atoms with Crippen LogP contribution in [0.2, 0.25) is 5.02 Å². The molecule has 0 aliphatic carbocycles. The molecule has 0 saturated carbocycles. The summed E-state index contributed by atoms with van der Waals surface area (Å²) in [5.41, 5.74) is 2.22. The molecule has 0 bridgehead atoms. The van der Waals surface area contributed by atoms with Crippen molar-refractivity contribution in [3.05, 3.63) is 95.1 Å². The number of imide groups is 1. The van der Waals surface area contributed by atoms with Crippen molar-refractivity contribution in [3.8, 4) is 5.75 Å². The Morgan fingerprint density at radius 1 is 0.862 bits per heavy atom. The van der Waals surface area contributed by atoms with E-state index in [4.69, 9.17) is 16.3 Å². The molecule has 1 aliphatic rings. The van der Waals surface area contributed by atoms with E-state index in [0.717, 1.165) is 4.90 Å². The van der Waals surface area contributed by atoms with Gasteiger partial charge in [0.25, 0.3) is 11.8 Å². The fourth-order valence-electron chi connectivity index (χ4n) is 3.21. The third kappa shape index (κ3) is 3.60. The van der Waals surface area contributed by atoms with Gasteiger partial charge in [-0.1, -0.05) is 54.1 Å². The van der Waals surface area contributed by atoms with E-state index in [9.17, 15) is 9.59 Å². The monoisotopic (exact) mass is 404 g/mol. The van der Waals surface area contributed by atoms with Crippen LogP contribution >= 0.6 is 11.6 Å². The second-order valence-corrected chi connectivity index (χ2v) is 6.84. The van der Waals surface area contributed by atoms with Crippen molar-refractivity contribution in [3.63, 3.8) is 0 Å². The highest BCUT2D eigenvalue weighted by Gasteiger charge is 2.40. The summed E-state index contributed by atoms with van der Waals surface area (Å²) >= 11 is 6.08. The normalized spacial score (nSPS) is 13.8. The average molecular weight is 405 g/mol. The minimum Gasteiger partial charge on any atom is -0.497 e. The lowest BCUT2D eigenvalue weighted by atomic mass is 10.0. The molecule has 0 unspecified atom stereocenters. The number of carbonyl (C=O) groups is 2. The van der Waals surface area contributed by atoms with Crippen molar-refractivity contribution < 1.29 is 14.3 Å². The molecular formula is C23H17ClN2O3. The molecule has 0 aromatic heterocycles. The van der Waals surface area contributed by atoms with E-state index < -0.39 is 11.8 Å². The zero-order valence-electron chi connectivity index (χ0n) is 15.6. The van der Waals surface area contributed by atoms with Gasteiger partial charge in [-0.3, -0.25) is 9.59 Å². The van der Waals surface area contributed by atoms with Crippen molar-refractivity contribution in [2.24, 2.45) is 0 Å². The molecule has 144 valence electrons. The smallest absolute Gasteiger partial charge is 0.282 e. The van der Waals surface area contributed by atoms with Crippen LogP contribution in [-0.4, -0.2) is 18.9 Å². The number of amides is 2. The van der Waals surface area contributed by atoms with Crippen molar-refractivity contribution in [1.29, 1.82) is 0 Å². The number of benzene rings is 3. The Labute approximate surface area is 173 Å². The molecule has 1 N–H and O–H groups in total. The Balaban J connectivity index is 1.81. The molecule has 0 spiro atoms. The van der Waals surface area contributed by atoms with Crippen LogP contribution in [0, 0.1) is 0 Å². The first-order chi connectivity index (χ1) is 14.1. The minimum absolute atomic E-state index is 0.203. The molecule has 6 heteroatoms. The van der Waals surface area contributed by atoms with Crippen molar-refractivity contribution >= 4 is 40.4 Å². The number of carbonyl (C=O) groups excluding carboxylic acids is 2. The maximum absolute atomic E-state index is 13.3. The Morgan fingerprint density at radius 3 is 2.34 bits per heavy atom. The average Bonchev–Trinajstić information content (AvgIpc) is 2.98. The fourth-order valence-corrected chi connectivity index (χ4v) is 3.40. The SMILES string of the molecule is COc1cccc(NC2=C(c3ccccc3)C(=O)N(c3cccc(Cl)c3)C2=O)c1. The molecular weight excluding hydrogens is 388 g/mol. The third-order valence-electron chi connectivity index (χ3n) is 4.55. The van der Waals surface area contributed by atoms with E-state index >= 15 is 0 Å². The third-order valence-corrected chi connectivity index (χ3v) is 4.79. The molecule has 0 saturated heterocycles. The highest BCUT2D eigenvalue weighted by atomic mass is 35.5. The molecule has 3 aromatic rings. The van der Waals surface area contributed by atoms with E-state index in [2.05, 4.69) is 5.32 Å². The van der Waals surface area contributed by atoms with Crippen molar-refractivity contribution in [2.75, 3.05) is 17.3 Å². The van der Waals surface area contributed by atoms with Gasteiger partial charge >= 0.3 is 0 Å². The van der Waals surface area contributed by atoms with Crippen molar-refractivity contribution in [2.45, 2.75) is 0 Å². The van der Waals surface area contributed by atoms with Crippen LogP contribution in [0.3, 0.4) is 0 Å². The minimum atomic E-state index is -0.445. The first-order valence-corrected chi connectivity index (χ1v) is 9.31. The van der Waals surface area contributed by atoms with Gasteiger partial charge in [0.05, 0.1) is 18.4 Å². The fraction of sp³-hybridized carbons (Fsp3) is 0.0435. The standard InChI is InChI=1S/C23H17ClN2O3/c1-29-19-12-6-10-17(14-19)25-21-20(15-7-3-2-4-8-15)22(27)26(23(21)28)18-11-5-9-16(24)13-18/h2-14,25H,1H3. The number of nitrogens with one attached hydrogen (secondary N) is 1. The summed E-state index contributed by atoms with van der Waals surface area (Å²) in [7, 11) is 1.57. The Bertz CT molecular complexity index is 1130. The van der Waals surface area contributed by atoms with Gasteiger partial charge in [-0.15, -0.1) is 0 Å². The highest BCUT2D eigenvalue weighted by Crippen LogP contribution is 2.34. The van der Waals surface area contributed by atoms with Gasteiger partial charge in [0.15, 0.2) is 0 Å². The lowest BCUT2D eigenvalue weighted by molar-refractivity contribution is -0.120. The maximum Gasteiger partial charge on any atom is 0.282 e. The molecule has 4 rings (SSSR count). The Kier molecular flexibility index (Phi) is 5.06. The number of hydrogen-bond donors (Lipinski definition) is 1. The summed E-state index contributed by atoms with van der Waals surface area (Å²) in [4.78, 5) is 27.7. The second kappa shape index (κ2) is 7.81. The first kappa shape index (κ1) is 18.8. The topological polar surface area (TPSA) is 58.6 Å². The van der Waals surface area contributed by atoms with Gasteiger partial charge in [-0.2, -0.15) is 0 Å². The van der Waals surface area contributed by atoms with Gasteiger partial charge in [0, 0.05) is 16.8 Å². The highest BCUT2D eigenvalue weighted by molar-refractivity contribution is 6.46. The Morgan fingerprint density at radius 2 is 1.62 bits per heavy atom. The summed E-state index contributed by atoms with van der Waals surface area (Å²) in [6.07, 6.45) is 0. The quantitative estimate of drug-likeness (QED) is 0.624. The number of hydrogen-bond acceptors (Lipinski definition) is 4.